The van der Waals surface area contributed by atoms with Crippen molar-refractivity contribution in [3.05, 3.63) is 18.0 Å². The van der Waals surface area contributed by atoms with E-state index in [-0.39, 0.29) is 0 Å². The number of rotatable bonds is 4. The summed E-state index contributed by atoms with van der Waals surface area (Å²) in [4.78, 5) is 0. The van der Waals surface area contributed by atoms with Gasteiger partial charge in [0.2, 0.25) is 0 Å². The highest BCUT2D eigenvalue weighted by atomic mass is 15.2. The normalized spacial score (nSPS) is 13.2. The van der Waals surface area contributed by atoms with Crippen molar-refractivity contribution in [3.8, 4) is 0 Å². The van der Waals surface area contributed by atoms with Crippen LogP contribution in [0, 0.1) is 0 Å². The zero-order chi connectivity index (χ0) is 8.97. The summed E-state index contributed by atoms with van der Waals surface area (Å²) in [5.74, 6) is 0. The summed E-state index contributed by atoms with van der Waals surface area (Å²) in [7, 11) is 3.95. The first-order valence-corrected chi connectivity index (χ1v) is 4.41. The highest BCUT2D eigenvalue weighted by Crippen LogP contribution is 2.03. The fourth-order valence-corrected chi connectivity index (χ4v) is 1.31. The number of aryl methyl sites for hydroxylation is 1. The molecule has 0 aliphatic rings. The minimum absolute atomic E-state index is 0.578. The van der Waals surface area contributed by atoms with Crippen molar-refractivity contribution in [2.24, 2.45) is 7.05 Å². The first kappa shape index (κ1) is 9.26. The van der Waals surface area contributed by atoms with Gasteiger partial charge in [-0.2, -0.15) is 5.10 Å². The predicted molar refractivity (Wildman–Crippen MR) is 50.1 cm³/mol. The summed E-state index contributed by atoms with van der Waals surface area (Å²) in [5.41, 5.74) is 1.30. The average Bonchev–Trinajstić information content (AvgIpc) is 2.47. The fourth-order valence-electron chi connectivity index (χ4n) is 1.31. The van der Waals surface area contributed by atoms with Crippen LogP contribution in [0.3, 0.4) is 0 Å². The van der Waals surface area contributed by atoms with Crippen LogP contribution in [-0.4, -0.2) is 22.9 Å². The molecule has 0 aliphatic heterocycles. The van der Waals surface area contributed by atoms with Gasteiger partial charge in [-0.1, -0.05) is 6.92 Å². The van der Waals surface area contributed by atoms with Crippen LogP contribution < -0.4 is 5.32 Å². The lowest BCUT2D eigenvalue weighted by Crippen LogP contribution is -2.26. The molecule has 0 fully saturated rings. The van der Waals surface area contributed by atoms with E-state index in [9.17, 15) is 0 Å². The van der Waals surface area contributed by atoms with E-state index in [1.807, 2.05) is 25.0 Å². The van der Waals surface area contributed by atoms with Crippen molar-refractivity contribution >= 4 is 0 Å². The molecule has 1 rings (SSSR count). The Bertz CT molecular complexity index is 225. The fraction of sp³-hybridized carbons (Fsp3) is 0.667. The summed E-state index contributed by atoms with van der Waals surface area (Å²) in [5, 5.41) is 7.40. The number of hydrogen-bond donors (Lipinski definition) is 1. The lowest BCUT2D eigenvalue weighted by Gasteiger charge is -2.11. The Hall–Kier alpha value is -0.830. The molecule has 1 N–H and O–H groups in total. The van der Waals surface area contributed by atoms with E-state index >= 15 is 0 Å². The van der Waals surface area contributed by atoms with Crippen LogP contribution in [0.5, 0.6) is 0 Å². The Labute approximate surface area is 73.8 Å². The van der Waals surface area contributed by atoms with Crippen LogP contribution in [0.25, 0.3) is 0 Å². The quantitative estimate of drug-likeness (QED) is 0.724. The van der Waals surface area contributed by atoms with E-state index in [1.165, 1.54) is 5.56 Å². The van der Waals surface area contributed by atoms with Crippen LogP contribution >= 0.6 is 0 Å². The molecule has 0 aliphatic carbocycles. The van der Waals surface area contributed by atoms with Gasteiger partial charge in [0, 0.05) is 19.3 Å². The van der Waals surface area contributed by atoms with Gasteiger partial charge >= 0.3 is 0 Å². The monoisotopic (exact) mass is 167 g/mol. The van der Waals surface area contributed by atoms with Crippen LogP contribution in [0.2, 0.25) is 0 Å². The Morgan fingerprint density at radius 3 is 2.83 bits per heavy atom. The van der Waals surface area contributed by atoms with Gasteiger partial charge in [0.1, 0.15) is 0 Å². The maximum Gasteiger partial charge on any atom is 0.0522 e. The third kappa shape index (κ3) is 2.34. The molecule has 0 aromatic carbocycles. The Morgan fingerprint density at radius 1 is 1.67 bits per heavy atom. The minimum atomic E-state index is 0.578. The molecular weight excluding hydrogens is 150 g/mol. The molecule has 1 unspecified atom stereocenters. The molecule has 3 nitrogen and oxygen atoms in total. The summed E-state index contributed by atoms with van der Waals surface area (Å²) >= 11 is 0. The molecule has 0 saturated heterocycles. The molecule has 0 spiro atoms. The van der Waals surface area contributed by atoms with Crippen LogP contribution in [0.1, 0.15) is 18.9 Å². The smallest absolute Gasteiger partial charge is 0.0522 e. The van der Waals surface area contributed by atoms with E-state index in [1.54, 1.807) is 0 Å². The van der Waals surface area contributed by atoms with Gasteiger partial charge in [-0.05, 0) is 25.5 Å². The SMILES string of the molecule is CCC(Cc1cnn(C)c1)NC. The molecule has 0 saturated carbocycles. The van der Waals surface area contributed by atoms with Crippen molar-refractivity contribution in [3.63, 3.8) is 0 Å². The largest absolute Gasteiger partial charge is 0.317 e. The second-order valence-corrected chi connectivity index (χ2v) is 3.12. The summed E-state index contributed by atoms with van der Waals surface area (Å²) < 4.78 is 1.84. The van der Waals surface area contributed by atoms with Gasteiger partial charge < -0.3 is 5.32 Å². The van der Waals surface area contributed by atoms with Crippen molar-refractivity contribution in [1.82, 2.24) is 15.1 Å². The molecule has 1 atom stereocenters. The summed E-state index contributed by atoms with van der Waals surface area (Å²) in [6.07, 6.45) is 6.23. The number of aromatic nitrogens is 2. The van der Waals surface area contributed by atoms with Gasteiger partial charge in [0.25, 0.3) is 0 Å². The highest BCUT2D eigenvalue weighted by Gasteiger charge is 2.04. The van der Waals surface area contributed by atoms with Gasteiger partial charge in [-0.25, -0.2) is 0 Å². The van der Waals surface area contributed by atoms with Gasteiger partial charge in [-0.3, -0.25) is 4.68 Å². The van der Waals surface area contributed by atoms with Gasteiger partial charge in [0.15, 0.2) is 0 Å². The molecule has 68 valence electrons. The molecule has 12 heavy (non-hydrogen) atoms. The van der Waals surface area contributed by atoms with Crippen molar-refractivity contribution in [1.29, 1.82) is 0 Å². The standard InChI is InChI=1S/C9H17N3/c1-4-9(10-2)5-8-6-11-12(3)7-8/h6-7,9-10H,4-5H2,1-3H3. The third-order valence-electron chi connectivity index (χ3n) is 2.14. The first-order chi connectivity index (χ1) is 5.76. The maximum atomic E-state index is 4.13. The first-order valence-electron chi connectivity index (χ1n) is 4.41. The highest BCUT2D eigenvalue weighted by molar-refractivity contribution is 5.05. The number of hydrogen-bond acceptors (Lipinski definition) is 2. The Morgan fingerprint density at radius 2 is 2.42 bits per heavy atom. The molecule has 1 aromatic heterocycles. The second kappa shape index (κ2) is 4.26. The zero-order valence-electron chi connectivity index (χ0n) is 8.04. The molecule has 1 heterocycles. The van der Waals surface area contributed by atoms with Gasteiger partial charge in [0.05, 0.1) is 6.20 Å². The Kier molecular flexibility index (Phi) is 3.29. The number of likely N-dealkylation sites (N-methyl/N-ethyl adjacent to an activating group) is 1. The van der Waals surface area contributed by atoms with Crippen molar-refractivity contribution in [2.45, 2.75) is 25.8 Å². The summed E-state index contributed by atoms with van der Waals surface area (Å²) in [6, 6.07) is 0.578. The number of nitrogens with one attached hydrogen (secondary N) is 1. The molecule has 0 bridgehead atoms. The van der Waals surface area contributed by atoms with E-state index < -0.39 is 0 Å². The Balaban J connectivity index is 2.50. The maximum absolute atomic E-state index is 4.13. The number of nitrogens with zero attached hydrogens (tertiary/aromatic N) is 2. The molecule has 0 amide bonds. The summed E-state index contributed by atoms with van der Waals surface area (Å²) in [6.45, 7) is 2.19. The van der Waals surface area contributed by atoms with E-state index in [4.69, 9.17) is 0 Å². The predicted octanol–water partition coefficient (Wildman–Crippen LogP) is 0.961. The topological polar surface area (TPSA) is 29.9 Å². The van der Waals surface area contributed by atoms with E-state index in [0.29, 0.717) is 6.04 Å². The molecule has 0 radical (unpaired) electrons. The molecular formula is C9H17N3. The second-order valence-electron chi connectivity index (χ2n) is 3.12. The molecule has 1 aromatic rings. The lowest BCUT2D eigenvalue weighted by atomic mass is 10.1. The van der Waals surface area contributed by atoms with Crippen molar-refractivity contribution in [2.75, 3.05) is 7.05 Å². The average molecular weight is 167 g/mol. The lowest BCUT2D eigenvalue weighted by molar-refractivity contribution is 0.543. The van der Waals surface area contributed by atoms with E-state index in [2.05, 4.69) is 23.5 Å². The van der Waals surface area contributed by atoms with Crippen LogP contribution in [0.15, 0.2) is 12.4 Å². The van der Waals surface area contributed by atoms with Crippen LogP contribution in [0.4, 0.5) is 0 Å². The minimum Gasteiger partial charge on any atom is -0.317 e. The van der Waals surface area contributed by atoms with Gasteiger partial charge in [-0.15, -0.1) is 0 Å². The van der Waals surface area contributed by atoms with E-state index in [0.717, 1.165) is 12.8 Å². The molecule has 3 heteroatoms. The third-order valence-corrected chi connectivity index (χ3v) is 2.14. The zero-order valence-corrected chi connectivity index (χ0v) is 8.04. The van der Waals surface area contributed by atoms with Crippen molar-refractivity contribution < 1.29 is 0 Å². The van der Waals surface area contributed by atoms with Crippen LogP contribution in [-0.2, 0) is 13.5 Å².